The van der Waals surface area contributed by atoms with E-state index in [1.54, 1.807) is 24.3 Å². The molecule has 0 radical (unpaired) electrons. The number of nitrogens with two attached hydrogens (primary N) is 1. The molecule has 1 aliphatic rings. The molecule has 5 nitrogen and oxygen atoms in total. The number of benzene rings is 1. The number of ether oxygens (including phenoxy) is 1. The van der Waals surface area contributed by atoms with Crippen LogP contribution in [0.2, 0.25) is 0 Å². The standard InChI is InChI=1S/C12H17N3O2/c13-10-2-1-3-11(6-10)15-12(16)14-7-9-4-5-17-8-9/h1-3,6,9H,4-5,7-8,13H2,(H2,14,15,16). The van der Waals surface area contributed by atoms with Crippen LogP contribution in [0.4, 0.5) is 16.2 Å². The van der Waals surface area contributed by atoms with E-state index in [9.17, 15) is 4.79 Å². The van der Waals surface area contributed by atoms with Crippen molar-refractivity contribution >= 4 is 17.4 Å². The van der Waals surface area contributed by atoms with Gasteiger partial charge in [-0.15, -0.1) is 0 Å². The molecule has 17 heavy (non-hydrogen) atoms. The van der Waals surface area contributed by atoms with Gasteiger partial charge in [0.25, 0.3) is 0 Å². The Morgan fingerprint density at radius 3 is 3.12 bits per heavy atom. The van der Waals surface area contributed by atoms with Crippen molar-refractivity contribution < 1.29 is 9.53 Å². The van der Waals surface area contributed by atoms with Crippen LogP contribution in [0.3, 0.4) is 0 Å². The number of anilines is 2. The van der Waals surface area contributed by atoms with Gasteiger partial charge in [0.1, 0.15) is 0 Å². The van der Waals surface area contributed by atoms with Crippen molar-refractivity contribution in [2.45, 2.75) is 6.42 Å². The van der Waals surface area contributed by atoms with Gasteiger partial charge in [-0.2, -0.15) is 0 Å². The second-order valence-corrected chi connectivity index (χ2v) is 4.19. The largest absolute Gasteiger partial charge is 0.399 e. The van der Waals surface area contributed by atoms with Crippen molar-refractivity contribution in [1.82, 2.24) is 5.32 Å². The van der Waals surface area contributed by atoms with Crippen LogP contribution in [-0.4, -0.2) is 25.8 Å². The molecule has 1 unspecified atom stereocenters. The molecular weight excluding hydrogens is 218 g/mol. The van der Waals surface area contributed by atoms with E-state index in [0.29, 0.717) is 23.8 Å². The van der Waals surface area contributed by atoms with Crippen molar-refractivity contribution in [2.75, 3.05) is 30.8 Å². The molecule has 1 aromatic rings. The minimum Gasteiger partial charge on any atom is -0.399 e. The molecule has 1 atom stereocenters. The number of nitrogen functional groups attached to an aromatic ring is 1. The minimum absolute atomic E-state index is 0.206. The highest BCUT2D eigenvalue weighted by molar-refractivity contribution is 5.89. The number of rotatable bonds is 3. The summed E-state index contributed by atoms with van der Waals surface area (Å²) >= 11 is 0. The summed E-state index contributed by atoms with van der Waals surface area (Å²) in [6.45, 7) is 2.18. The van der Waals surface area contributed by atoms with Crippen LogP contribution in [0.15, 0.2) is 24.3 Å². The lowest BCUT2D eigenvalue weighted by atomic mass is 10.1. The summed E-state index contributed by atoms with van der Waals surface area (Å²) in [5.74, 6) is 0.432. The van der Waals surface area contributed by atoms with Crippen molar-refractivity contribution in [3.05, 3.63) is 24.3 Å². The highest BCUT2D eigenvalue weighted by Gasteiger charge is 2.16. The zero-order chi connectivity index (χ0) is 12.1. The molecule has 1 aromatic carbocycles. The molecular formula is C12H17N3O2. The number of amides is 2. The first-order valence-corrected chi connectivity index (χ1v) is 5.72. The van der Waals surface area contributed by atoms with Crippen LogP contribution in [0, 0.1) is 5.92 Å². The van der Waals surface area contributed by atoms with Gasteiger partial charge in [0.2, 0.25) is 0 Å². The van der Waals surface area contributed by atoms with Crippen molar-refractivity contribution in [3.8, 4) is 0 Å². The Bertz CT molecular complexity index is 389. The number of carbonyl (C=O) groups excluding carboxylic acids is 1. The first kappa shape index (κ1) is 11.7. The summed E-state index contributed by atoms with van der Waals surface area (Å²) in [4.78, 5) is 11.6. The van der Waals surface area contributed by atoms with E-state index < -0.39 is 0 Å². The molecule has 2 rings (SSSR count). The predicted octanol–water partition coefficient (Wildman–Crippen LogP) is 1.43. The SMILES string of the molecule is Nc1cccc(NC(=O)NCC2CCOC2)c1. The summed E-state index contributed by atoms with van der Waals surface area (Å²) in [6.07, 6.45) is 1.01. The molecule has 4 N–H and O–H groups in total. The second-order valence-electron chi connectivity index (χ2n) is 4.19. The Morgan fingerprint density at radius 1 is 1.53 bits per heavy atom. The molecule has 0 saturated carbocycles. The van der Waals surface area contributed by atoms with E-state index in [0.717, 1.165) is 19.6 Å². The third-order valence-electron chi connectivity index (χ3n) is 2.72. The van der Waals surface area contributed by atoms with Gasteiger partial charge in [0, 0.05) is 30.4 Å². The second kappa shape index (κ2) is 5.54. The summed E-state index contributed by atoms with van der Waals surface area (Å²) in [6, 6.07) is 6.89. The Labute approximate surface area is 100 Å². The Balaban J connectivity index is 1.76. The summed E-state index contributed by atoms with van der Waals surface area (Å²) in [5, 5.41) is 5.56. The van der Waals surface area contributed by atoms with Gasteiger partial charge in [-0.25, -0.2) is 4.79 Å². The number of urea groups is 1. The first-order chi connectivity index (χ1) is 8.24. The van der Waals surface area contributed by atoms with E-state index >= 15 is 0 Å². The summed E-state index contributed by atoms with van der Waals surface area (Å²) < 4.78 is 5.24. The van der Waals surface area contributed by atoms with Crippen LogP contribution < -0.4 is 16.4 Å². The first-order valence-electron chi connectivity index (χ1n) is 5.72. The van der Waals surface area contributed by atoms with Gasteiger partial charge in [-0.3, -0.25) is 0 Å². The zero-order valence-electron chi connectivity index (χ0n) is 9.61. The van der Waals surface area contributed by atoms with Crippen LogP contribution >= 0.6 is 0 Å². The molecule has 1 heterocycles. The number of hydrogen-bond acceptors (Lipinski definition) is 3. The Hall–Kier alpha value is -1.75. The maximum atomic E-state index is 11.6. The quantitative estimate of drug-likeness (QED) is 0.693. The maximum Gasteiger partial charge on any atom is 0.319 e. The molecule has 1 saturated heterocycles. The Morgan fingerprint density at radius 2 is 2.41 bits per heavy atom. The molecule has 5 heteroatoms. The fraction of sp³-hybridized carbons (Fsp3) is 0.417. The number of carbonyl (C=O) groups is 1. The molecule has 92 valence electrons. The lowest BCUT2D eigenvalue weighted by Crippen LogP contribution is -2.33. The topological polar surface area (TPSA) is 76.4 Å². The zero-order valence-corrected chi connectivity index (χ0v) is 9.61. The smallest absolute Gasteiger partial charge is 0.319 e. The van der Waals surface area contributed by atoms with Gasteiger partial charge >= 0.3 is 6.03 Å². The third kappa shape index (κ3) is 3.64. The van der Waals surface area contributed by atoms with Gasteiger partial charge in [-0.1, -0.05) is 6.07 Å². The van der Waals surface area contributed by atoms with Gasteiger partial charge in [0.05, 0.1) is 6.61 Å². The molecule has 0 aliphatic carbocycles. The average Bonchev–Trinajstić information content (AvgIpc) is 2.79. The van der Waals surface area contributed by atoms with Crippen LogP contribution in [0.5, 0.6) is 0 Å². The highest BCUT2D eigenvalue weighted by atomic mass is 16.5. The van der Waals surface area contributed by atoms with Gasteiger partial charge in [-0.05, 0) is 24.6 Å². The van der Waals surface area contributed by atoms with Crippen molar-refractivity contribution in [1.29, 1.82) is 0 Å². The van der Waals surface area contributed by atoms with E-state index in [1.165, 1.54) is 0 Å². The molecule has 2 amide bonds. The number of hydrogen-bond donors (Lipinski definition) is 3. The summed E-state index contributed by atoms with van der Waals surface area (Å²) in [7, 11) is 0. The van der Waals surface area contributed by atoms with E-state index in [-0.39, 0.29) is 6.03 Å². The van der Waals surface area contributed by atoms with E-state index in [1.807, 2.05) is 0 Å². The predicted molar refractivity (Wildman–Crippen MR) is 66.8 cm³/mol. The van der Waals surface area contributed by atoms with Crippen LogP contribution in [-0.2, 0) is 4.74 Å². The van der Waals surface area contributed by atoms with Crippen LogP contribution in [0.25, 0.3) is 0 Å². The highest BCUT2D eigenvalue weighted by Crippen LogP contribution is 2.12. The molecule has 1 aliphatic heterocycles. The van der Waals surface area contributed by atoms with Crippen molar-refractivity contribution in [3.63, 3.8) is 0 Å². The normalized spacial score (nSPS) is 18.9. The number of nitrogens with one attached hydrogen (secondary N) is 2. The summed E-state index contributed by atoms with van der Waals surface area (Å²) in [5.41, 5.74) is 6.95. The van der Waals surface area contributed by atoms with Gasteiger partial charge < -0.3 is 21.1 Å². The molecule has 1 fully saturated rings. The average molecular weight is 235 g/mol. The lowest BCUT2D eigenvalue weighted by molar-refractivity contribution is 0.185. The fourth-order valence-corrected chi connectivity index (χ4v) is 1.77. The van der Waals surface area contributed by atoms with E-state index in [2.05, 4.69) is 10.6 Å². The lowest BCUT2D eigenvalue weighted by Gasteiger charge is -2.10. The van der Waals surface area contributed by atoms with Crippen molar-refractivity contribution in [2.24, 2.45) is 5.92 Å². The molecule has 0 spiro atoms. The molecule has 0 aromatic heterocycles. The van der Waals surface area contributed by atoms with Crippen LogP contribution in [0.1, 0.15) is 6.42 Å². The molecule has 0 bridgehead atoms. The fourth-order valence-electron chi connectivity index (χ4n) is 1.77. The Kier molecular flexibility index (Phi) is 3.82. The van der Waals surface area contributed by atoms with Gasteiger partial charge in [0.15, 0.2) is 0 Å². The third-order valence-corrected chi connectivity index (χ3v) is 2.72. The monoisotopic (exact) mass is 235 g/mol. The minimum atomic E-state index is -0.206. The van der Waals surface area contributed by atoms with E-state index in [4.69, 9.17) is 10.5 Å². The maximum absolute atomic E-state index is 11.6.